The van der Waals surface area contributed by atoms with Crippen molar-refractivity contribution in [1.82, 2.24) is 0 Å². The molecule has 36 valence electrons. The van der Waals surface area contributed by atoms with Crippen molar-refractivity contribution >= 4 is 25.8 Å². The molecule has 0 aliphatic rings. The SMILES string of the molecule is [InH3].[Mo].[O-2].[O-2].[O-2]. The standard InChI is InChI=1S/In.Mo.3O.3H/q;;3*-2;;;. The van der Waals surface area contributed by atoms with Crippen LogP contribution in [0.5, 0.6) is 0 Å². The summed E-state index contributed by atoms with van der Waals surface area (Å²) in [5.41, 5.74) is 0. The van der Waals surface area contributed by atoms with Crippen molar-refractivity contribution in [3.63, 3.8) is 0 Å². The molecule has 5 heavy (non-hydrogen) atoms. The molecule has 0 heterocycles. The summed E-state index contributed by atoms with van der Waals surface area (Å²) in [6.07, 6.45) is 0. The van der Waals surface area contributed by atoms with E-state index in [0.717, 1.165) is 0 Å². The van der Waals surface area contributed by atoms with Crippen molar-refractivity contribution in [2.45, 2.75) is 0 Å². The smallest absolute Gasteiger partial charge is 0 e. The van der Waals surface area contributed by atoms with Gasteiger partial charge in [-0.25, -0.2) is 0 Å². The van der Waals surface area contributed by atoms with Gasteiger partial charge >= 0.3 is 25.8 Å². The van der Waals surface area contributed by atoms with Gasteiger partial charge in [-0.3, -0.25) is 0 Å². The van der Waals surface area contributed by atoms with Crippen LogP contribution >= 0.6 is 0 Å². The molecule has 0 amide bonds. The molecule has 3 nitrogen and oxygen atoms in total. The van der Waals surface area contributed by atoms with Crippen LogP contribution in [0.2, 0.25) is 0 Å². The van der Waals surface area contributed by atoms with E-state index in [2.05, 4.69) is 0 Å². The first-order valence-corrected chi connectivity index (χ1v) is 0. The average Bonchev–Trinajstić information content (AvgIpc) is 0. The van der Waals surface area contributed by atoms with Gasteiger partial charge in [0.1, 0.15) is 0 Å². The van der Waals surface area contributed by atoms with Crippen LogP contribution in [0, 0.1) is 0 Å². The molecule has 5 heteroatoms. The third-order valence-electron chi connectivity index (χ3n) is 0. The Hall–Kier alpha value is 1.44. The molecule has 0 aromatic rings. The van der Waals surface area contributed by atoms with Crippen LogP contribution in [0.4, 0.5) is 0 Å². The Labute approximate surface area is 63.1 Å². The van der Waals surface area contributed by atoms with Crippen LogP contribution in [-0.4, -0.2) is 25.8 Å². The van der Waals surface area contributed by atoms with E-state index in [1.54, 1.807) is 0 Å². The van der Waals surface area contributed by atoms with Crippen molar-refractivity contribution in [3.8, 4) is 0 Å². The fourth-order valence-corrected chi connectivity index (χ4v) is 0. The molecule has 0 spiro atoms. The number of hydrogen-bond acceptors (Lipinski definition) is 0. The zero-order chi connectivity index (χ0) is 0. The molecule has 0 atom stereocenters. The van der Waals surface area contributed by atoms with E-state index in [9.17, 15) is 0 Å². The Morgan fingerprint density at radius 2 is 0.600 bits per heavy atom. The van der Waals surface area contributed by atoms with Gasteiger partial charge in [0.25, 0.3) is 0 Å². The maximum absolute atomic E-state index is 0. The molecular formula is H3InMoO3-6. The maximum atomic E-state index is 0. The Balaban J connectivity index is 0. The molecule has 0 aromatic heterocycles. The van der Waals surface area contributed by atoms with Crippen LogP contribution in [0.3, 0.4) is 0 Å². The number of rotatable bonds is 0. The molecule has 0 unspecified atom stereocenters. The maximum Gasteiger partial charge on any atom is 0 e. The van der Waals surface area contributed by atoms with E-state index in [4.69, 9.17) is 0 Å². The fourth-order valence-electron chi connectivity index (χ4n) is 0. The fraction of sp³-hybridized carbons (Fsp3) is 0. The first kappa shape index (κ1) is 92.0. The van der Waals surface area contributed by atoms with Gasteiger partial charge in [-0.05, 0) is 0 Å². The topological polar surface area (TPSA) is 85.5 Å². The summed E-state index contributed by atoms with van der Waals surface area (Å²) in [5.74, 6) is 0. The second kappa shape index (κ2) is 51.8. The quantitative estimate of drug-likeness (QED) is 0.473. The van der Waals surface area contributed by atoms with E-state index in [0.29, 0.717) is 0 Å². The summed E-state index contributed by atoms with van der Waals surface area (Å²) in [7, 11) is 0. The molecule has 0 aliphatic carbocycles. The van der Waals surface area contributed by atoms with Gasteiger partial charge in [0.2, 0.25) is 0 Å². The van der Waals surface area contributed by atoms with E-state index in [1.807, 2.05) is 0 Å². The summed E-state index contributed by atoms with van der Waals surface area (Å²) in [4.78, 5) is 0. The van der Waals surface area contributed by atoms with E-state index < -0.39 is 0 Å². The Morgan fingerprint density at radius 1 is 0.600 bits per heavy atom. The largest absolute Gasteiger partial charge is 2.00 e. The van der Waals surface area contributed by atoms with Crippen molar-refractivity contribution in [3.05, 3.63) is 0 Å². The Morgan fingerprint density at radius 3 is 0.600 bits per heavy atom. The van der Waals surface area contributed by atoms with E-state index in [1.165, 1.54) is 0 Å². The van der Waals surface area contributed by atoms with Gasteiger partial charge in [0, 0.05) is 21.1 Å². The minimum absolute atomic E-state index is 0. The van der Waals surface area contributed by atoms with Crippen LogP contribution in [0.25, 0.3) is 0 Å². The molecule has 0 radical (unpaired) electrons. The van der Waals surface area contributed by atoms with Crippen LogP contribution < -0.4 is 0 Å². The number of hydrogen-bond donors (Lipinski definition) is 0. The van der Waals surface area contributed by atoms with Crippen molar-refractivity contribution in [1.29, 1.82) is 0 Å². The van der Waals surface area contributed by atoms with Crippen LogP contribution in [0.1, 0.15) is 0 Å². The predicted octanol–water partition coefficient (Wildman–Crippen LogP) is -1.54. The molecule has 0 fully saturated rings. The molecule has 0 saturated carbocycles. The van der Waals surface area contributed by atoms with Gasteiger partial charge in [-0.15, -0.1) is 0 Å². The molecule has 0 bridgehead atoms. The van der Waals surface area contributed by atoms with Gasteiger partial charge in [0.15, 0.2) is 0 Å². The summed E-state index contributed by atoms with van der Waals surface area (Å²) >= 11 is 0. The summed E-state index contributed by atoms with van der Waals surface area (Å²) in [6, 6.07) is 0. The Kier molecular flexibility index (Phi) is 953. The molecule has 0 saturated heterocycles. The monoisotopic (exact) mass is 264 g/mol. The molecule has 0 aliphatic heterocycles. The summed E-state index contributed by atoms with van der Waals surface area (Å²) in [6.45, 7) is 0. The first-order valence-electron chi connectivity index (χ1n) is 0. The van der Waals surface area contributed by atoms with Gasteiger partial charge in [-0.2, -0.15) is 0 Å². The minimum Gasteiger partial charge on any atom is -2.00 e. The van der Waals surface area contributed by atoms with Crippen molar-refractivity contribution in [2.75, 3.05) is 0 Å². The van der Waals surface area contributed by atoms with E-state index >= 15 is 0 Å². The predicted molar refractivity (Wildman–Crippen MR) is 12.0 cm³/mol. The van der Waals surface area contributed by atoms with Crippen LogP contribution in [-0.2, 0) is 37.5 Å². The average molecular weight is 262 g/mol. The van der Waals surface area contributed by atoms with Crippen LogP contribution in [0.15, 0.2) is 0 Å². The van der Waals surface area contributed by atoms with Gasteiger partial charge in [-0.1, -0.05) is 0 Å². The Bertz CT molecular complexity index is 6.85. The van der Waals surface area contributed by atoms with E-state index in [-0.39, 0.29) is 63.3 Å². The van der Waals surface area contributed by atoms with Gasteiger partial charge < -0.3 is 16.4 Å². The zero-order valence-electron chi connectivity index (χ0n) is 1.63. The third kappa shape index (κ3) is 31.1. The summed E-state index contributed by atoms with van der Waals surface area (Å²) < 4.78 is 0. The second-order valence-electron chi connectivity index (χ2n) is 0. The normalized spacial score (nSPS) is 0. The van der Waals surface area contributed by atoms with Gasteiger partial charge in [0.05, 0.1) is 0 Å². The summed E-state index contributed by atoms with van der Waals surface area (Å²) in [5, 5.41) is 0. The second-order valence-corrected chi connectivity index (χ2v) is 0. The zero-order valence-corrected chi connectivity index (χ0v) is 3.64. The molecular weight excluding hydrogens is 259 g/mol. The molecule has 0 rings (SSSR count). The molecule has 0 N–H and O–H groups in total. The van der Waals surface area contributed by atoms with Crippen molar-refractivity contribution in [2.24, 2.45) is 0 Å². The third-order valence-corrected chi connectivity index (χ3v) is 0. The van der Waals surface area contributed by atoms with Crippen molar-refractivity contribution < 1.29 is 37.5 Å². The minimum atomic E-state index is 0. The molecule has 0 aromatic carbocycles. The first-order chi connectivity index (χ1) is 0.